The standard InChI is InChI=1S/C22H24BrN5O2/c1-14-4-5-17(21-24-16(3)30-26-21)13-20(14)27-8-10-28(11-9-27)22(29)25-18-6-7-19(23)15(2)12-18/h4-7,12-13H,8-11H2,1-3H3,(H,25,29). The van der Waals surface area contributed by atoms with Crippen LogP contribution in [0.3, 0.4) is 0 Å². The molecular weight excluding hydrogens is 446 g/mol. The molecule has 1 aliphatic heterocycles. The first kappa shape index (κ1) is 20.4. The number of aryl methyl sites for hydroxylation is 3. The summed E-state index contributed by atoms with van der Waals surface area (Å²) in [4.78, 5) is 21.2. The highest BCUT2D eigenvalue weighted by molar-refractivity contribution is 9.10. The molecule has 0 spiro atoms. The van der Waals surface area contributed by atoms with Crippen LogP contribution in [0.25, 0.3) is 11.4 Å². The van der Waals surface area contributed by atoms with Crippen molar-refractivity contribution in [3.8, 4) is 11.4 Å². The number of hydrogen-bond acceptors (Lipinski definition) is 5. The zero-order chi connectivity index (χ0) is 21.3. The van der Waals surface area contributed by atoms with Crippen LogP contribution >= 0.6 is 15.9 Å². The van der Waals surface area contributed by atoms with Gasteiger partial charge in [0.05, 0.1) is 0 Å². The Morgan fingerprint density at radius 2 is 1.80 bits per heavy atom. The Morgan fingerprint density at radius 3 is 2.47 bits per heavy atom. The van der Waals surface area contributed by atoms with E-state index in [9.17, 15) is 4.79 Å². The number of rotatable bonds is 3. The first-order valence-corrected chi connectivity index (χ1v) is 10.7. The zero-order valence-electron chi connectivity index (χ0n) is 17.3. The number of halogens is 1. The number of nitrogens with zero attached hydrogens (tertiary/aromatic N) is 4. The number of hydrogen-bond donors (Lipinski definition) is 1. The fourth-order valence-electron chi connectivity index (χ4n) is 3.58. The van der Waals surface area contributed by atoms with Crippen molar-refractivity contribution in [1.29, 1.82) is 0 Å². The summed E-state index contributed by atoms with van der Waals surface area (Å²) in [5, 5.41) is 7.02. The van der Waals surface area contributed by atoms with Gasteiger partial charge in [0.1, 0.15) is 0 Å². The lowest BCUT2D eigenvalue weighted by molar-refractivity contribution is 0.208. The lowest BCUT2D eigenvalue weighted by Crippen LogP contribution is -2.50. The van der Waals surface area contributed by atoms with Gasteiger partial charge in [-0.15, -0.1) is 0 Å². The van der Waals surface area contributed by atoms with Gasteiger partial charge in [0.2, 0.25) is 11.7 Å². The van der Waals surface area contributed by atoms with E-state index in [4.69, 9.17) is 4.52 Å². The Labute approximate surface area is 184 Å². The summed E-state index contributed by atoms with van der Waals surface area (Å²) in [5.74, 6) is 1.14. The van der Waals surface area contributed by atoms with Gasteiger partial charge in [-0.1, -0.05) is 33.2 Å². The first-order valence-electron chi connectivity index (χ1n) is 9.89. The Morgan fingerprint density at radius 1 is 1.03 bits per heavy atom. The maximum Gasteiger partial charge on any atom is 0.321 e. The van der Waals surface area contributed by atoms with Crippen LogP contribution in [0.15, 0.2) is 45.4 Å². The van der Waals surface area contributed by atoms with Gasteiger partial charge in [-0.3, -0.25) is 0 Å². The summed E-state index contributed by atoms with van der Waals surface area (Å²) >= 11 is 3.49. The van der Waals surface area contributed by atoms with E-state index in [2.05, 4.69) is 55.3 Å². The molecule has 2 aromatic carbocycles. The molecule has 0 atom stereocenters. The van der Waals surface area contributed by atoms with E-state index < -0.39 is 0 Å². The molecule has 2 amide bonds. The Hall–Kier alpha value is -2.87. The van der Waals surface area contributed by atoms with Crippen molar-refractivity contribution < 1.29 is 9.32 Å². The van der Waals surface area contributed by atoms with Crippen molar-refractivity contribution in [2.45, 2.75) is 20.8 Å². The highest BCUT2D eigenvalue weighted by atomic mass is 79.9. The molecule has 0 unspecified atom stereocenters. The number of carbonyl (C=O) groups is 1. The topological polar surface area (TPSA) is 74.5 Å². The third-order valence-electron chi connectivity index (χ3n) is 5.31. The van der Waals surface area contributed by atoms with Crippen LogP contribution in [0.4, 0.5) is 16.2 Å². The van der Waals surface area contributed by atoms with Gasteiger partial charge in [-0.05, 0) is 49.2 Å². The van der Waals surface area contributed by atoms with Crippen molar-refractivity contribution in [3.05, 3.63) is 57.9 Å². The molecule has 3 aromatic rings. The Kier molecular flexibility index (Phi) is 5.76. The van der Waals surface area contributed by atoms with Crippen LogP contribution in [-0.4, -0.2) is 47.3 Å². The minimum atomic E-state index is -0.0656. The molecule has 7 nitrogen and oxygen atoms in total. The second-order valence-corrected chi connectivity index (χ2v) is 8.36. The summed E-state index contributed by atoms with van der Waals surface area (Å²) in [5.41, 5.74) is 5.14. The highest BCUT2D eigenvalue weighted by Gasteiger charge is 2.23. The summed E-state index contributed by atoms with van der Waals surface area (Å²) in [6.07, 6.45) is 0. The second-order valence-electron chi connectivity index (χ2n) is 7.51. The van der Waals surface area contributed by atoms with Gasteiger partial charge in [0, 0.05) is 54.5 Å². The predicted octanol–water partition coefficient (Wildman–Crippen LogP) is 4.78. The second kappa shape index (κ2) is 8.47. The number of anilines is 2. The molecule has 0 bridgehead atoms. The van der Waals surface area contributed by atoms with Crippen LogP contribution in [0.5, 0.6) is 0 Å². The van der Waals surface area contributed by atoms with Crippen LogP contribution in [0.1, 0.15) is 17.0 Å². The van der Waals surface area contributed by atoms with E-state index >= 15 is 0 Å². The predicted molar refractivity (Wildman–Crippen MR) is 121 cm³/mol. The third kappa shape index (κ3) is 4.33. The average molecular weight is 470 g/mol. The lowest BCUT2D eigenvalue weighted by Gasteiger charge is -2.37. The SMILES string of the molecule is Cc1nc(-c2ccc(C)c(N3CCN(C(=O)Nc4ccc(Br)c(C)c4)CC3)c2)no1. The van der Waals surface area contributed by atoms with Gasteiger partial charge < -0.3 is 19.6 Å². The fourth-order valence-corrected chi connectivity index (χ4v) is 3.83. The van der Waals surface area contributed by atoms with Crippen LogP contribution in [-0.2, 0) is 0 Å². The summed E-state index contributed by atoms with van der Waals surface area (Å²) in [6.45, 7) is 8.73. The molecule has 0 radical (unpaired) electrons. The van der Waals surface area contributed by atoms with Crippen molar-refractivity contribution >= 4 is 33.3 Å². The van der Waals surface area contributed by atoms with E-state index in [1.807, 2.05) is 36.1 Å². The number of amides is 2. The highest BCUT2D eigenvalue weighted by Crippen LogP contribution is 2.28. The number of aromatic nitrogens is 2. The van der Waals surface area contributed by atoms with Crippen molar-refractivity contribution in [2.75, 3.05) is 36.4 Å². The van der Waals surface area contributed by atoms with Crippen LogP contribution in [0.2, 0.25) is 0 Å². The molecule has 8 heteroatoms. The number of benzene rings is 2. The number of urea groups is 1. The monoisotopic (exact) mass is 469 g/mol. The summed E-state index contributed by atoms with van der Waals surface area (Å²) in [7, 11) is 0. The van der Waals surface area contributed by atoms with Crippen LogP contribution in [0, 0.1) is 20.8 Å². The summed E-state index contributed by atoms with van der Waals surface area (Å²) in [6, 6.07) is 11.9. The smallest absolute Gasteiger partial charge is 0.321 e. The first-order chi connectivity index (χ1) is 14.4. The molecule has 30 heavy (non-hydrogen) atoms. The molecule has 1 aliphatic rings. The van der Waals surface area contributed by atoms with E-state index in [0.29, 0.717) is 24.8 Å². The third-order valence-corrected chi connectivity index (χ3v) is 6.20. The molecule has 4 rings (SSSR count). The molecule has 0 saturated carbocycles. The lowest BCUT2D eigenvalue weighted by atomic mass is 10.1. The van der Waals surface area contributed by atoms with E-state index in [0.717, 1.165) is 40.1 Å². The average Bonchev–Trinajstić information content (AvgIpc) is 3.17. The van der Waals surface area contributed by atoms with Gasteiger partial charge in [-0.25, -0.2) is 4.79 Å². The molecular formula is C22H24BrN5O2. The molecule has 2 heterocycles. The van der Waals surface area contributed by atoms with E-state index in [-0.39, 0.29) is 6.03 Å². The molecule has 1 saturated heterocycles. The molecule has 156 valence electrons. The van der Waals surface area contributed by atoms with Crippen molar-refractivity contribution in [3.63, 3.8) is 0 Å². The Balaban J connectivity index is 1.41. The van der Waals surface area contributed by atoms with Crippen molar-refractivity contribution in [2.24, 2.45) is 0 Å². The van der Waals surface area contributed by atoms with Crippen LogP contribution < -0.4 is 10.2 Å². The Bertz CT molecular complexity index is 1070. The molecule has 1 aromatic heterocycles. The number of nitrogens with one attached hydrogen (secondary N) is 1. The molecule has 1 N–H and O–H groups in total. The molecule has 0 aliphatic carbocycles. The van der Waals surface area contributed by atoms with Gasteiger partial charge in [0.15, 0.2) is 0 Å². The maximum absolute atomic E-state index is 12.7. The normalized spacial score (nSPS) is 14.1. The number of piperazine rings is 1. The van der Waals surface area contributed by atoms with E-state index in [1.54, 1.807) is 6.92 Å². The van der Waals surface area contributed by atoms with E-state index in [1.165, 1.54) is 5.56 Å². The fraction of sp³-hybridized carbons (Fsp3) is 0.318. The minimum absolute atomic E-state index is 0.0656. The van der Waals surface area contributed by atoms with Crippen molar-refractivity contribution in [1.82, 2.24) is 15.0 Å². The molecule has 1 fully saturated rings. The van der Waals surface area contributed by atoms with Gasteiger partial charge in [0.25, 0.3) is 0 Å². The summed E-state index contributed by atoms with van der Waals surface area (Å²) < 4.78 is 6.14. The number of carbonyl (C=O) groups excluding carboxylic acids is 1. The zero-order valence-corrected chi connectivity index (χ0v) is 18.9. The van der Waals surface area contributed by atoms with Gasteiger partial charge >= 0.3 is 6.03 Å². The largest absolute Gasteiger partial charge is 0.368 e. The minimum Gasteiger partial charge on any atom is -0.368 e. The maximum atomic E-state index is 12.7. The van der Waals surface area contributed by atoms with Gasteiger partial charge in [-0.2, -0.15) is 4.98 Å². The quantitative estimate of drug-likeness (QED) is 0.597.